The number of benzene rings is 2. The molecule has 0 saturated heterocycles. The van der Waals surface area contributed by atoms with Crippen LogP contribution in [0.5, 0.6) is 5.75 Å². The molecule has 0 aliphatic heterocycles. The van der Waals surface area contributed by atoms with Crippen molar-refractivity contribution in [1.82, 2.24) is 15.1 Å². The summed E-state index contributed by atoms with van der Waals surface area (Å²) >= 11 is 0. The maximum Gasteiger partial charge on any atom is 0.274 e. The summed E-state index contributed by atoms with van der Waals surface area (Å²) in [7, 11) is 1.59. The van der Waals surface area contributed by atoms with Crippen molar-refractivity contribution in [3.63, 3.8) is 0 Å². The SMILES string of the molecule is COc1ccccc1CNC(=O)c1nn(CC(C)C)c(=O)c2ccccc12. The van der Waals surface area contributed by atoms with E-state index in [1.807, 2.05) is 38.1 Å². The smallest absolute Gasteiger partial charge is 0.274 e. The third kappa shape index (κ3) is 4.00. The molecule has 0 saturated carbocycles. The first-order chi connectivity index (χ1) is 13.0. The highest BCUT2D eigenvalue weighted by atomic mass is 16.5. The summed E-state index contributed by atoms with van der Waals surface area (Å²) in [6.45, 7) is 4.77. The van der Waals surface area contributed by atoms with Crippen molar-refractivity contribution in [2.45, 2.75) is 26.9 Å². The summed E-state index contributed by atoms with van der Waals surface area (Å²) < 4.78 is 6.70. The summed E-state index contributed by atoms with van der Waals surface area (Å²) in [5.74, 6) is 0.621. The van der Waals surface area contributed by atoms with Gasteiger partial charge >= 0.3 is 0 Å². The molecule has 2 aromatic carbocycles. The van der Waals surface area contributed by atoms with Crippen molar-refractivity contribution >= 4 is 16.7 Å². The van der Waals surface area contributed by atoms with Gasteiger partial charge in [-0.15, -0.1) is 0 Å². The molecule has 0 radical (unpaired) electrons. The van der Waals surface area contributed by atoms with Crippen LogP contribution in [0.1, 0.15) is 29.9 Å². The van der Waals surface area contributed by atoms with Crippen LogP contribution >= 0.6 is 0 Å². The lowest BCUT2D eigenvalue weighted by atomic mass is 10.1. The quantitative estimate of drug-likeness (QED) is 0.729. The minimum Gasteiger partial charge on any atom is -0.496 e. The molecule has 1 aromatic heterocycles. The third-order valence-electron chi connectivity index (χ3n) is 4.25. The molecule has 140 valence electrons. The fraction of sp³-hybridized carbons (Fsp3) is 0.286. The topological polar surface area (TPSA) is 73.2 Å². The molecule has 1 heterocycles. The first-order valence-electron chi connectivity index (χ1n) is 8.91. The van der Waals surface area contributed by atoms with Crippen LogP contribution in [-0.4, -0.2) is 22.8 Å². The lowest BCUT2D eigenvalue weighted by molar-refractivity contribution is 0.0945. The summed E-state index contributed by atoms with van der Waals surface area (Å²) in [5, 5.41) is 8.29. The normalized spacial score (nSPS) is 11.0. The molecule has 27 heavy (non-hydrogen) atoms. The van der Waals surface area contributed by atoms with Gasteiger partial charge in [-0.1, -0.05) is 50.2 Å². The Kier molecular flexibility index (Phi) is 5.54. The minimum absolute atomic E-state index is 0.180. The number of nitrogens with one attached hydrogen (secondary N) is 1. The molecule has 0 bridgehead atoms. The Balaban J connectivity index is 1.96. The predicted octanol–water partition coefficient (Wildman–Crippen LogP) is 2.99. The number of carbonyl (C=O) groups is 1. The van der Waals surface area contributed by atoms with Crippen LogP contribution in [0, 0.1) is 5.92 Å². The number of amides is 1. The number of fused-ring (bicyclic) bond motifs is 1. The van der Waals surface area contributed by atoms with E-state index in [2.05, 4.69) is 10.4 Å². The molecule has 6 heteroatoms. The van der Waals surface area contributed by atoms with Gasteiger partial charge < -0.3 is 10.1 Å². The monoisotopic (exact) mass is 365 g/mol. The van der Waals surface area contributed by atoms with E-state index in [4.69, 9.17) is 4.74 Å². The van der Waals surface area contributed by atoms with Gasteiger partial charge in [0, 0.05) is 24.0 Å². The van der Waals surface area contributed by atoms with Gasteiger partial charge in [0.25, 0.3) is 11.5 Å². The number of hydrogen-bond acceptors (Lipinski definition) is 4. The first kappa shape index (κ1) is 18.6. The van der Waals surface area contributed by atoms with E-state index < -0.39 is 0 Å². The van der Waals surface area contributed by atoms with Crippen molar-refractivity contribution in [3.8, 4) is 5.75 Å². The molecule has 1 N–H and O–H groups in total. The van der Waals surface area contributed by atoms with Crippen LogP contribution in [0.2, 0.25) is 0 Å². The maximum atomic E-state index is 12.9. The Hall–Kier alpha value is -3.15. The van der Waals surface area contributed by atoms with E-state index in [1.54, 1.807) is 31.4 Å². The van der Waals surface area contributed by atoms with E-state index >= 15 is 0 Å². The molecule has 0 fully saturated rings. The molecule has 0 spiro atoms. The Bertz CT molecular complexity index is 1020. The summed E-state index contributed by atoms with van der Waals surface area (Å²) in [6, 6.07) is 14.6. The second kappa shape index (κ2) is 8.03. The zero-order valence-electron chi connectivity index (χ0n) is 15.7. The highest BCUT2D eigenvalue weighted by Crippen LogP contribution is 2.18. The zero-order chi connectivity index (χ0) is 19.4. The average Bonchev–Trinajstić information content (AvgIpc) is 2.68. The molecule has 0 aliphatic rings. The Labute approximate surface area is 157 Å². The van der Waals surface area contributed by atoms with Gasteiger partial charge in [0.15, 0.2) is 5.69 Å². The molecular weight excluding hydrogens is 342 g/mol. The van der Waals surface area contributed by atoms with Crippen LogP contribution in [0.4, 0.5) is 0 Å². The minimum atomic E-state index is -0.324. The van der Waals surface area contributed by atoms with Gasteiger partial charge in [0.1, 0.15) is 5.75 Å². The molecule has 0 unspecified atom stereocenters. The molecular formula is C21H23N3O3. The van der Waals surface area contributed by atoms with Crippen LogP contribution in [0.3, 0.4) is 0 Å². The number of carbonyl (C=O) groups excluding carboxylic acids is 1. The average molecular weight is 365 g/mol. The number of ether oxygens (including phenoxy) is 1. The summed E-state index contributed by atoms with van der Waals surface area (Å²) in [4.78, 5) is 25.5. The Morgan fingerprint density at radius 1 is 1.11 bits per heavy atom. The van der Waals surface area contributed by atoms with Crippen LogP contribution in [0.15, 0.2) is 53.3 Å². The van der Waals surface area contributed by atoms with Crippen molar-refractivity contribution in [2.24, 2.45) is 5.92 Å². The van der Waals surface area contributed by atoms with Gasteiger partial charge in [0.2, 0.25) is 0 Å². The first-order valence-corrected chi connectivity index (χ1v) is 8.91. The van der Waals surface area contributed by atoms with Crippen molar-refractivity contribution in [1.29, 1.82) is 0 Å². The number of aromatic nitrogens is 2. The number of hydrogen-bond donors (Lipinski definition) is 1. The largest absolute Gasteiger partial charge is 0.496 e. The van der Waals surface area contributed by atoms with Crippen molar-refractivity contribution in [2.75, 3.05) is 7.11 Å². The maximum absolute atomic E-state index is 12.9. The molecule has 6 nitrogen and oxygen atoms in total. The molecule has 3 aromatic rings. The van der Waals surface area contributed by atoms with Gasteiger partial charge in [-0.3, -0.25) is 9.59 Å². The van der Waals surface area contributed by atoms with E-state index in [0.717, 1.165) is 5.56 Å². The Morgan fingerprint density at radius 2 is 1.78 bits per heavy atom. The Morgan fingerprint density at radius 3 is 2.48 bits per heavy atom. The van der Waals surface area contributed by atoms with E-state index in [0.29, 0.717) is 29.6 Å². The molecule has 1 amide bonds. The number of methoxy groups -OCH3 is 1. The fourth-order valence-corrected chi connectivity index (χ4v) is 2.98. The van der Waals surface area contributed by atoms with Crippen molar-refractivity contribution < 1.29 is 9.53 Å². The lowest BCUT2D eigenvalue weighted by Gasteiger charge is -2.13. The lowest BCUT2D eigenvalue weighted by Crippen LogP contribution is -2.31. The number of nitrogens with zero attached hydrogens (tertiary/aromatic N) is 2. The molecule has 0 aliphatic carbocycles. The molecule has 0 atom stereocenters. The standard InChI is InChI=1S/C21H23N3O3/c1-14(2)13-24-21(26)17-10-6-5-9-16(17)19(23-24)20(25)22-12-15-8-4-7-11-18(15)27-3/h4-11,14H,12-13H2,1-3H3,(H,22,25). The van der Waals surface area contributed by atoms with E-state index in [1.165, 1.54) is 4.68 Å². The van der Waals surface area contributed by atoms with Gasteiger partial charge in [0.05, 0.1) is 12.5 Å². The fourth-order valence-electron chi connectivity index (χ4n) is 2.98. The molecule has 3 rings (SSSR count). The third-order valence-corrected chi connectivity index (χ3v) is 4.25. The second-order valence-electron chi connectivity index (χ2n) is 6.77. The number of para-hydroxylation sites is 1. The van der Waals surface area contributed by atoms with Gasteiger partial charge in [-0.25, -0.2) is 4.68 Å². The van der Waals surface area contributed by atoms with Crippen LogP contribution in [0.25, 0.3) is 10.8 Å². The van der Waals surface area contributed by atoms with Crippen LogP contribution in [-0.2, 0) is 13.1 Å². The van der Waals surface area contributed by atoms with Crippen LogP contribution < -0.4 is 15.6 Å². The number of rotatable bonds is 6. The van der Waals surface area contributed by atoms with Gasteiger partial charge in [-0.2, -0.15) is 5.10 Å². The highest BCUT2D eigenvalue weighted by Gasteiger charge is 2.17. The van der Waals surface area contributed by atoms with E-state index in [9.17, 15) is 9.59 Å². The second-order valence-corrected chi connectivity index (χ2v) is 6.77. The highest BCUT2D eigenvalue weighted by molar-refractivity contribution is 6.04. The van der Waals surface area contributed by atoms with Crippen molar-refractivity contribution in [3.05, 3.63) is 70.1 Å². The van der Waals surface area contributed by atoms with E-state index in [-0.39, 0.29) is 23.1 Å². The van der Waals surface area contributed by atoms with Gasteiger partial charge in [-0.05, 0) is 18.1 Å². The predicted molar refractivity (Wildman–Crippen MR) is 105 cm³/mol. The summed E-state index contributed by atoms with van der Waals surface area (Å²) in [5.41, 5.74) is 0.939. The summed E-state index contributed by atoms with van der Waals surface area (Å²) in [6.07, 6.45) is 0. The zero-order valence-corrected chi connectivity index (χ0v) is 15.7.